The Labute approximate surface area is 170 Å². The van der Waals surface area contributed by atoms with Crippen LogP contribution in [0.3, 0.4) is 0 Å². The van der Waals surface area contributed by atoms with Gasteiger partial charge in [-0.05, 0) is 70.0 Å². The van der Waals surface area contributed by atoms with Crippen LogP contribution in [0.4, 0.5) is 5.69 Å². The van der Waals surface area contributed by atoms with E-state index in [0.717, 1.165) is 29.7 Å². The van der Waals surface area contributed by atoms with E-state index in [2.05, 4.69) is 50.6 Å². The molecular weight excluding hydrogens is 370 g/mol. The monoisotopic (exact) mass is 399 g/mol. The van der Waals surface area contributed by atoms with Crippen LogP contribution < -0.4 is 10.2 Å². The first-order valence-corrected chi connectivity index (χ1v) is 11.2. The number of piperidine rings is 3. The minimum absolute atomic E-state index is 0.00487. The maximum absolute atomic E-state index is 13.0. The third-order valence-electron chi connectivity index (χ3n) is 6.90. The van der Waals surface area contributed by atoms with E-state index in [1.807, 2.05) is 6.07 Å². The largest absolute Gasteiger partial charge is 0.369 e. The Kier molecular flexibility index (Phi) is 4.77. The van der Waals surface area contributed by atoms with E-state index in [1.165, 1.54) is 49.6 Å². The lowest BCUT2D eigenvalue weighted by molar-refractivity contribution is 0.0619. The molecule has 1 amide bonds. The first kappa shape index (κ1) is 18.3. The van der Waals surface area contributed by atoms with E-state index in [1.54, 1.807) is 0 Å². The number of amides is 1. The highest BCUT2D eigenvalue weighted by Crippen LogP contribution is 2.35. The standard InChI is InChI=1S/C21H29N5OS/c1-24(2)15-8-11-26(12-15)18-5-3-4-16-19(23-28-20(16)18)21(27)22-17-13-25-9-6-14(17)7-10-25/h3-5,14-15,17H,6-13H2,1-2H3,(H,22,27)/t15-,17?/m0/s1. The van der Waals surface area contributed by atoms with Crippen LogP contribution in [0, 0.1) is 5.92 Å². The minimum atomic E-state index is -0.00487. The highest BCUT2D eigenvalue weighted by molar-refractivity contribution is 7.14. The Balaban J connectivity index is 1.37. The molecule has 2 bridgehead atoms. The van der Waals surface area contributed by atoms with E-state index in [9.17, 15) is 4.79 Å². The summed E-state index contributed by atoms with van der Waals surface area (Å²) in [6, 6.07) is 7.15. The summed E-state index contributed by atoms with van der Waals surface area (Å²) in [5.41, 5.74) is 1.82. The molecule has 0 aliphatic carbocycles. The number of benzene rings is 1. The smallest absolute Gasteiger partial charge is 0.271 e. The van der Waals surface area contributed by atoms with E-state index < -0.39 is 0 Å². The number of likely N-dealkylation sites (N-methyl/N-ethyl adjacent to an activating group) is 1. The summed E-state index contributed by atoms with van der Waals surface area (Å²) in [5.74, 6) is 0.622. The van der Waals surface area contributed by atoms with E-state index in [-0.39, 0.29) is 11.9 Å². The van der Waals surface area contributed by atoms with Gasteiger partial charge in [0.15, 0.2) is 0 Å². The summed E-state index contributed by atoms with van der Waals surface area (Å²) in [7, 11) is 4.30. The molecule has 5 heterocycles. The number of carbonyl (C=O) groups excluding carboxylic acids is 1. The molecule has 0 saturated carbocycles. The lowest BCUT2D eigenvalue weighted by Crippen LogP contribution is -2.57. The van der Waals surface area contributed by atoms with E-state index in [0.29, 0.717) is 17.7 Å². The van der Waals surface area contributed by atoms with Gasteiger partial charge in [0.1, 0.15) is 5.69 Å². The second-order valence-corrected chi connectivity index (χ2v) is 9.53. The van der Waals surface area contributed by atoms with Gasteiger partial charge in [-0.3, -0.25) is 4.79 Å². The fourth-order valence-electron chi connectivity index (χ4n) is 5.11. The quantitative estimate of drug-likeness (QED) is 0.855. The van der Waals surface area contributed by atoms with Gasteiger partial charge in [-0.2, -0.15) is 4.37 Å². The van der Waals surface area contributed by atoms with Gasteiger partial charge in [-0.1, -0.05) is 12.1 Å². The lowest BCUT2D eigenvalue weighted by Gasteiger charge is -2.44. The molecule has 6 nitrogen and oxygen atoms in total. The summed E-state index contributed by atoms with van der Waals surface area (Å²) in [4.78, 5) is 20.3. The van der Waals surface area contributed by atoms with Crippen molar-refractivity contribution >= 4 is 33.2 Å². The lowest BCUT2D eigenvalue weighted by atomic mass is 9.84. The third-order valence-corrected chi connectivity index (χ3v) is 7.79. The van der Waals surface area contributed by atoms with Gasteiger partial charge >= 0.3 is 0 Å². The van der Waals surface area contributed by atoms with Gasteiger partial charge in [-0.25, -0.2) is 0 Å². The summed E-state index contributed by atoms with van der Waals surface area (Å²) < 4.78 is 5.73. The van der Waals surface area contributed by atoms with Crippen LogP contribution in [0.25, 0.3) is 10.1 Å². The fraction of sp³-hybridized carbons (Fsp3) is 0.619. The normalized spacial score (nSPS) is 29.8. The molecule has 2 atom stereocenters. The SMILES string of the molecule is CN(C)[C@H]1CCN(c2cccc3c(C(=O)NC4CN5CCC4CC5)nsc23)C1. The number of fused-ring (bicyclic) bond motifs is 4. The third kappa shape index (κ3) is 3.19. The molecule has 4 fully saturated rings. The minimum Gasteiger partial charge on any atom is -0.369 e. The zero-order chi connectivity index (χ0) is 19.3. The van der Waals surface area contributed by atoms with Crippen molar-refractivity contribution in [3.8, 4) is 0 Å². The van der Waals surface area contributed by atoms with Crippen molar-refractivity contribution in [2.75, 3.05) is 51.7 Å². The van der Waals surface area contributed by atoms with Crippen LogP contribution in [0.1, 0.15) is 29.8 Å². The summed E-state index contributed by atoms with van der Waals surface area (Å²) in [6.45, 7) is 5.45. The van der Waals surface area contributed by atoms with Crippen molar-refractivity contribution in [3.05, 3.63) is 23.9 Å². The Hall–Kier alpha value is -1.70. The van der Waals surface area contributed by atoms with Gasteiger partial charge in [0.2, 0.25) is 0 Å². The first-order valence-electron chi connectivity index (χ1n) is 10.4. The molecule has 4 aliphatic heterocycles. The van der Waals surface area contributed by atoms with Crippen molar-refractivity contribution in [1.82, 2.24) is 19.5 Å². The molecular formula is C21H29N5OS. The highest BCUT2D eigenvalue weighted by Gasteiger charge is 2.35. The zero-order valence-corrected chi connectivity index (χ0v) is 17.5. The summed E-state index contributed by atoms with van der Waals surface area (Å²) in [5, 5.41) is 4.29. The Morgan fingerprint density at radius 2 is 2.00 bits per heavy atom. The summed E-state index contributed by atoms with van der Waals surface area (Å²) >= 11 is 1.47. The number of aromatic nitrogens is 1. The Bertz CT molecular complexity index is 873. The van der Waals surface area contributed by atoms with Crippen molar-refractivity contribution in [1.29, 1.82) is 0 Å². The van der Waals surface area contributed by atoms with E-state index in [4.69, 9.17) is 0 Å². The van der Waals surface area contributed by atoms with Gasteiger partial charge < -0.3 is 20.0 Å². The molecule has 1 aromatic heterocycles. The van der Waals surface area contributed by atoms with Crippen LogP contribution >= 0.6 is 11.5 Å². The molecule has 4 aliphatic rings. The fourth-order valence-corrected chi connectivity index (χ4v) is 6.03. The van der Waals surface area contributed by atoms with Gasteiger partial charge in [0.25, 0.3) is 5.91 Å². The maximum atomic E-state index is 13.0. The predicted octanol–water partition coefficient (Wildman–Crippen LogP) is 2.26. The number of nitrogens with zero attached hydrogens (tertiary/aromatic N) is 4. The van der Waals surface area contributed by atoms with Crippen LogP contribution in [0.5, 0.6) is 0 Å². The predicted molar refractivity (Wildman–Crippen MR) is 114 cm³/mol. The molecule has 28 heavy (non-hydrogen) atoms. The number of carbonyl (C=O) groups is 1. The molecule has 1 unspecified atom stereocenters. The van der Waals surface area contributed by atoms with Crippen molar-refractivity contribution < 1.29 is 4.79 Å². The molecule has 1 N–H and O–H groups in total. The second kappa shape index (κ2) is 7.28. The van der Waals surface area contributed by atoms with E-state index >= 15 is 0 Å². The molecule has 2 aromatic rings. The highest BCUT2D eigenvalue weighted by atomic mass is 32.1. The molecule has 4 saturated heterocycles. The second-order valence-electron chi connectivity index (χ2n) is 8.76. The van der Waals surface area contributed by atoms with Crippen LogP contribution in [-0.4, -0.2) is 79.0 Å². The molecule has 0 radical (unpaired) electrons. The number of anilines is 1. The van der Waals surface area contributed by atoms with Crippen molar-refractivity contribution in [2.24, 2.45) is 5.92 Å². The maximum Gasteiger partial charge on any atom is 0.271 e. The molecule has 6 rings (SSSR count). The average molecular weight is 400 g/mol. The number of hydrogen-bond acceptors (Lipinski definition) is 6. The number of hydrogen-bond donors (Lipinski definition) is 1. The van der Waals surface area contributed by atoms with Gasteiger partial charge in [-0.15, -0.1) is 0 Å². The van der Waals surface area contributed by atoms with Crippen LogP contribution in [-0.2, 0) is 0 Å². The zero-order valence-electron chi connectivity index (χ0n) is 16.7. The number of nitrogens with one attached hydrogen (secondary N) is 1. The van der Waals surface area contributed by atoms with Crippen LogP contribution in [0.2, 0.25) is 0 Å². The number of rotatable bonds is 4. The Morgan fingerprint density at radius 3 is 2.68 bits per heavy atom. The first-order chi connectivity index (χ1) is 13.6. The Morgan fingerprint density at radius 1 is 1.18 bits per heavy atom. The molecule has 150 valence electrons. The van der Waals surface area contributed by atoms with Gasteiger partial charge in [0, 0.05) is 37.1 Å². The molecule has 1 aromatic carbocycles. The average Bonchev–Trinajstić information content (AvgIpc) is 3.36. The summed E-state index contributed by atoms with van der Waals surface area (Å²) in [6.07, 6.45) is 3.58. The van der Waals surface area contributed by atoms with Crippen LogP contribution in [0.15, 0.2) is 18.2 Å². The van der Waals surface area contributed by atoms with Crippen molar-refractivity contribution in [2.45, 2.75) is 31.3 Å². The van der Waals surface area contributed by atoms with Gasteiger partial charge in [0.05, 0.1) is 10.4 Å². The van der Waals surface area contributed by atoms with Crippen molar-refractivity contribution in [3.63, 3.8) is 0 Å². The topological polar surface area (TPSA) is 51.7 Å². The molecule has 7 heteroatoms. The molecule has 0 spiro atoms.